The van der Waals surface area contributed by atoms with Gasteiger partial charge in [0.1, 0.15) is 11.9 Å². The molecule has 0 aromatic heterocycles. The maximum absolute atomic E-state index is 12.8. The van der Waals surface area contributed by atoms with E-state index in [0.717, 1.165) is 50.5 Å². The molecule has 0 saturated carbocycles. The Morgan fingerprint density at radius 1 is 0.844 bits per heavy atom. The zero-order chi connectivity index (χ0) is 21.9. The summed E-state index contributed by atoms with van der Waals surface area (Å²) in [5.41, 5.74) is 3.79. The second-order valence-electron chi connectivity index (χ2n) is 8.35. The van der Waals surface area contributed by atoms with Crippen molar-refractivity contribution in [1.29, 1.82) is 0 Å². The number of hydrogen-bond acceptors (Lipinski definition) is 5. The molecule has 2 heterocycles. The van der Waals surface area contributed by atoms with Gasteiger partial charge in [-0.05, 0) is 42.0 Å². The lowest BCUT2D eigenvalue weighted by Crippen LogP contribution is -2.52. The number of amides is 1. The highest BCUT2D eigenvalue weighted by atomic mass is 16.3. The van der Waals surface area contributed by atoms with Crippen molar-refractivity contribution in [3.8, 4) is 5.75 Å². The molecule has 1 amide bonds. The molecule has 3 aromatic carbocycles. The van der Waals surface area contributed by atoms with Crippen LogP contribution in [0.1, 0.15) is 22.1 Å². The number of benzene rings is 3. The van der Waals surface area contributed by atoms with Crippen molar-refractivity contribution >= 4 is 17.3 Å². The Balaban J connectivity index is 1.31. The van der Waals surface area contributed by atoms with Crippen molar-refractivity contribution in [2.24, 2.45) is 0 Å². The minimum atomic E-state index is -0.310. The summed E-state index contributed by atoms with van der Waals surface area (Å²) in [6, 6.07) is 25.5. The number of fused-ring (bicyclic) bond motifs is 1. The van der Waals surface area contributed by atoms with Crippen LogP contribution in [0, 0.1) is 0 Å². The highest BCUT2D eigenvalue weighted by molar-refractivity contribution is 6.02. The van der Waals surface area contributed by atoms with Crippen LogP contribution in [0.3, 0.4) is 0 Å². The molecule has 6 heteroatoms. The van der Waals surface area contributed by atoms with E-state index in [1.807, 2.05) is 36.4 Å². The maximum Gasteiger partial charge on any atom is 0.255 e. The fourth-order valence-corrected chi connectivity index (χ4v) is 4.66. The second kappa shape index (κ2) is 8.93. The van der Waals surface area contributed by atoms with Crippen molar-refractivity contribution in [3.05, 3.63) is 90.0 Å². The fraction of sp³-hybridized carbons (Fsp3) is 0.269. The lowest BCUT2D eigenvalue weighted by atomic mass is 10.0. The van der Waals surface area contributed by atoms with E-state index in [9.17, 15) is 9.90 Å². The topological polar surface area (TPSA) is 59.1 Å². The van der Waals surface area contributed by atoms with Crippen molar-refractivity contribution in [2.75, 3.05) is 49.1 Å². The van der Waals surface area contributed by atoms with Crippen LogP contribution in [-0.2, 0) is 0 Å². The number of carbonyl (C=O) groups is 1. The number of nitrogens with one attached hydrogen (secondary N) is 1. The third-order valence-corrected chi connectivity index (χ3v) is 6.37. The molecule has 2 N–H and O–H groups in total. The van der Waals surface area contributed by atoms with Crippen LogP contribution in [-0.4, -0.2) is 55.2 Å². The number of hydrogen-bond donors (Lipinski definition) is 2. The van der Waals surface area contributed by atoms with Crippen LogP contribution in [0.25, 0.3) is 0 Å². The molecule has 0 radical (unpaired) electrons. The van der Waals surface area contributed by atoms with E-state index >= 15 is 0 Å². The first-order valence-corrected chi connectivity index (χ1v) is 11.2. The summed E-state index contributed by atoms with van der Waals surface area (Å²) < 4.78 is 0. The van der Waals surface area contributed by atoms with Gasteiger partial charge in [-0.25, -0.2) is 0 Å². The van der Waals surface area contributed by atoms with E-state index in [1.54, 1.807) is 12.1 Å². The summed E-state index contributed by atoms with van der Waals surface area (Å²) in [5, 5.41) is 13.1. The van der Waals surface area contributed by atoms with Crippen molar-refractivity contribution in [2.45, 2.75) is 6.17 Å². The van der Waals surface area contributed by atoms with Gasteiger partial charge in [-0.3, -0.25) is 9.69 Å². The van der Waals surface area contributed by atoms with Crippen LogP contribution in [0.5, 0.6) is 5.75 Å². The number of rotatable bonds is 5. The van der Waals surface area contributed by atoms with E-state index in [1.165, 1.54) is 5.69 Å². The molecular formula is C26H28N4O2. The Kier molecular flexibility index (Phi) is 5.69. The van der Waals surface area contributed by atoms with E-state index in [4.69, 9.17) is 0 Å². The molecule has 1 atom stereocenters. The summed E-state index contributed by atoms with van der Waals surface area (Å²) >= 11 is 0. The van der Waals surface area contributed by atoms with E-state index in [-0.39, 0.29) is 17.8 Å². The lowest BCUT2D eigenvalue weighted by Gasteiger charge is -2.41. The summed E-state index contributed by atoms with van der Waals surface area (Å²) in [6.07, 6.45) is -0.310. The first-order valence-electron chi connectivity index (χ1n) is 11.2. The van der Waals surface area contributed by atoms with Gasteiger partial charge >= 0.3 is 0 Å². The molecule has 32 heavy (non-hydrogen) atoms. The monoisotopic (exact) mass is 428 g/mol. The molecule has 1 unspecified atom stereocenters. The molecule has 2 aliphatic heterocycles. The minimum absolute atomic E-state index is 0.0818. The molecule has 0 spiro atoms. The van der Waals surface area contributed by atoms with Gasteiger partial charge < -0.3 is 20.2 Å². The second-order valence-corrected chi connectivity index (χ2v) is 8.35. The Morgan fingerprint density at radius 2 is 1.59 bits per heavy atom. The Bertz CT molecular complexity index is 1080. The zero-order valence-electron chi connectivity index (χ0n) is 18.0. The Hall–Kier alpha value is -3.51. The number of aromatic hydroxyl groups is 1. The van der Waals surface area contributed by atoms with Gasteiger partial charge in [0.05, 0.1) is 11.3 Å². The first-order chi connectivity index (χ1) is 15.7. The average molecular weight is 429 g/mol. The average Bonchev–Trinajstić information content (AvgIpc) is 2.84. The van der Waals surface area contributed by atoms with Crippen LogP contribution in [0.15, 0.2) is 78.9 Å². The maximum atomic E-state index is 12.8. The van der Waals surface area contributed by atoms with E-state index < -0.39 is 0 Å². The Labute approximate surface area is 188 Å². The van der Waals surface area contributed by atoms with Crippen molar-refractivity contribution in [3.63, 3.8) is 0 Å². The SMILES string of the molecule is O=C1NC(c2cccc(O)c2)N(CCN2CCN(c3ccccc3)CC2)c2ccccc21. The largest absolute Gasteiger partial charge is 0.508 e. The first kappa shape index (κ1) is 20.4. The quantitative estimate of drug-likeness (QED) is 0.652. The standard InChI is InChI=1S/C26H28N4O2/c31-22-10-6-7-20(19-22)25-27-26(32)23-11-4-5-12-24(23)30(25)18-15-28-13-16-29(17-14-28)21-8-2-1-3-9-21/h1-12,19,25,31H,13-18H2,(H,27,32). The molecule has 164 valence electrons. The van der Waals surface area contributed by atoms with Crippen molar-refractivity contribution < 1.29 is 9.90 Å². The number of phenolic OH excluding ortho intramolecular Hbond substituents is 1. The molecule has 5 rings (SSSR count). The summed E-state index contributed by atoms with van der Waals surface area (Å²) in [7, 11) is 0. The van der Waals surface area contributed by atoms with Gasteiger partial charge in [0.15, 0.2) is 0 Å². The molecule has 1 fully saturated rings. The molecule has 2 aliphatic rings. The van der Waals surface area contributed by atoms with E-state index in [0.29, 0.717) is 5.56 Å². The number of nitrogens with zero attached hydrogens (tertiary/aromatic N) is 3. The molecule has 0 bridgehead atoms. The van der Waals surface area contributed by atoms with Crippen LogP contribution >= 0.6 is 0 Å². The van der Waals surface area contributed by atoms with Gasteiger partial charge in [-0.2, -0.15) is 0 Å². The molecule has 1 saturated heterocycles. The fourth-order valence-electron chi connectivity index (χ4n) is 4.66. The predicted octanol–water partition coefficient (Wildman–Crippen LogP) is 3.46. The summed E-state index contributed by atoms with van der Waals surface area (Å²) in [5.74, 6) is 0.120. The van der Waals surface area contributed by atoms with Gasteiger partial charge in [-0.15, -0.1) is 0 Å². The normalized spacial score (nSPS) is 18.9. The molecule has 0 aliphatic carbocycles. The number of piperazine rings is 1. The number of phenols is 1. The van der Waals surface area contributed by atoms with Gasteiger partial charge in [0.2, 0.25) is 0 Å². The van der Waals surface area contributed by atoms with E-state index in [2.05, 4.69) is 50.3 Å². The zero-order valence-corrected chi connectivity index (χ0v) is 18.0. The third kappa shape index (κ3) is 4.14. The molecule has 6 nitrogen and oxygen atoms in total. The third-order valence-electron chi connectivity index (χ3n) is 6.37. The smallest absolute Gasteiger partial charge is 0.255 e. The number of carbonyl (C=O) groups excluding carboxylic acids is 1. The van der Waals surface area contributed by atoms with Gasteiger partial charge in [0, 0.05) is 45.0 Å². The number of para-hydroxylation sites is 2. The van der Waals surface area contributed by atoms with Crippen molar-refractivity contribution in [1.82, 2.24) is 10.2 Å². The van der Waals surface area contributed by atoms with Gasteiger partial charge in [0.25, 0.3) is 5.91 Å². The summed E-state index contributed by atoms with van der Waals surface area (Å²) in [6.45, 7) is 5.72. The molecule has 3 aromatic rings. The lowest BCUT2D eigenvalue weighted by molar-refractivity contribution is 0.0925. The van der Waals surface area contributed by atoms with Crippen LogP contribution in [0.2, 0.25) is 0 Å². The van der Waals surface area contributed by atoms with Gasteiger partial charge in [-0.1, -0.05) is 42.5 Å². The predicted molar refractivity (Wildman–Crippen MR) is 127 cm³/mol. The molecular weight excluding hydrogens is 400 g/mol. The highest BCUT2D eigenvalue weighted by Crippen LogP contribution is 2.33. The highest BCUT2D eigenvalue weighted by Gasteiger charge is 2.32. The van der Waals surface area contributed by atoms with Crippen LogP contribution < -0.4 is 15.1 Å². The number of anilines is 2. The Morgan fingerprint density at radius 3 is 2.38 bits per heavy atom. The van der Waals surface area contributed by atoms with Crippen LogP contribution in [0.4, 0.5) is 11.4 Å². The summed E-state index contributed by atoms with van der Waals surface area (Å²) in [4.78, 5) is 19.9. The minimum Gasteiger partial charge on any atom is -0.508 e.